The Kier molecular flexibility index (Phi) is 6.35. The third-order valence-electron chi connectivity index (χ3n) is 3.39. The molecule has 0 spiro atoms. The Hall–Kier alpha value is -1.67. The molecular weight excluding hydrogens is 380 g/mol. The quantitative estimate of drug-likeness (QED) is 0.625. The highest BCUT2D eigenvalue weighted by atomic mass is 79.9. The summed E-state index contributed by atoms with van der Waals surface area (Å²) in [5.41, 5.74) is 2.21. The summed E-state index contributed by atoms with van der Waals surface area (Å²) < 4.78 is 0.884. The predicted molar refractivity (Wildman–Crippen MR) is 93.6 cm³/mol. The van der Waals surface area contributed by atoms with Gasteiger partial charge in [-0.2, -0.15) is 5.10 Å². The molecule has 2 aromatic rings. The van der Waals surface area contributed by atoms with E-state index < -0.39 is 6.04 Å². The number of aromatic nitrogens is 2. The zero-order valence-electron chi connectivity index (χ0n) is 13.0. The maximum atomic E-state index is 12.0. The number of carbonyl (C=O) groups excluding carboxylic acids is 2. The van der Waals surface area contributed by atoms with E-state index >= 15 is 0 Å². The van der Waals surface area contributed by atoms with Crippen LogP contribution >= 0.6 is 27.3 Å². The highest BCUT2D eigenvalue weighted by Crippen LogP contribution is 2.21. The first-order chi connectivity index (χ1) is 11.0. The molecule has 2 rings (SSSR count). The zero-order chi connectivity index (χ0) is 16.8. The van der Waals surface area contributed by atoms with Crippen LogP contribution in [0.15, 0.2) is 22.1 Å². The zero-order valence-corrected chi connectivity index (χ0v) is 15.4. The fourth-order valence-electron chi connectivity index (χ4n) is 2.04. The van der Waals surface area contributed by atoms with Crippen molar-refractivity contribution in [2.45, 2.75) is 32.7 Å². The molecule has 1 atom stereocenters. The standard InChI is InChI=1S/C15H19BrN4O2S/c1-9-11(8-18-20-9)4-3-7-17-14(21)10(2)19-15(22)12-5-6-13(16)23-12/h5-6,8,10H,3-4,7H2,1-2H3,(H,17,21)(H,18,20)(H,19,22). The maximum Gasteiger partial charge on any atom is 0.262 e. The summed E-state index contributed by atoms with van der Waals surface area (Å²) in [6.07, 6.45) is 3.48. The van der Waals surface area contributed by atoms with Crippen molar-refractivity contribution < 1.29 is 9.59 Å². The molecule has 0 aliphatic carbocycles. The van der Waals surface area contributed by atoms with Gasteiger partial charge < -0.3 is 10.6 Å². The van der Waals surface area contributed by atoms with Gasteiger partial charge in [-0.3, -0.25) is 14.7 Å². The number of aromatic amines is 1. The average molecular weight is 399 g/mol. The number of nitrogens with zero attached hydrogens (tertiary/aromatic N) is 1. The fraction of sp³-hybridized carbons (Fsp3) is 0.400. The van der Waals surface area contributed by atoms with E-state index in [-0.39, 0.29) is 11.8 Å². The largest absolute Gasteiger partial charge is 0.354 e. The Balaban J connectivity index is 1.70. The van der Waals surface area contributed by atoms with Gasteiger partial charge in [0.05, 0.1) is 14.9 Å². The van der Waals surface area contributed by atoms with E-state index in [2.05, 4.69) is 36.8 Å². The number of carbonyl (C=O) groups is 2. The SMILES string of the molecule is Cc1[nH]ncc1CCCNC(=O)C(C)NC(=O)c1ccc(Br)s1. The summed E-state index contributed by atoms with van der Waals surface area (Å²) in [6, 6.07) is 2.96. The van der Waals surface area contributed by atoms with E-state index in [4.69, 9.17) is 0 Å². The lowest BCUT2D eigenvalue weighted by molar-refractivity contribution is -0.122. The number of rotatable bonds is 7. The van der Waals surface area contributed by atoms with Gasteiger partial charge in [0.15, 0.2) is 0 Å². The molecule has 2 aromatic heterocycles. The Bertz CT molecular complexity index is 683. The number of H-pyrrole nitrogens is 1. The summed E-state index contributed by atoms with van der Waals surface area (Å²) in [7, 11) is 0. The van der Waals surface area contributed by atoms with Gasteiger partial charge in [-0.1, -0.05) is 0 Å². The molecule has 0 aliphatic rings. The first-order valence-electron chi connectivity index (χ1n) is 7.30. The maximum absolute atomic E-state index is 12.0. The van der Waals surface area contributed by atoms with Crippen LogP contribution in [0.25, 0.3) is 0 Å². The number of thiophene rings is 1. The van der Waals surface area contributed by atoms with Crippen LogP contribution < -0.4 is 10.6 Å². The van der Waals surface area contributed by atoms with E-state index in [9.17, 15) is 9.59 Å². The van der Waals surface area contributed by atoms with Crippen LogP contribution in [0.4, 0.5) is 0 Å². The van der Waals surface area contributed by atoms with Crippen LogP contribution in [0.1, 0.15) is 34.3 Å². The summed E-state index contributed by atoms with van der Waals surface area (Å²) in [6.45, 7) is 4.21. The fourth-order valence-corrected chi connectivity index (χ4v) is 3.33. The highest BCUT2D eigenvalue weighted by Gasteiger charge is 2.17. The van der Waals surface area contributed by atoms with E-state index in [0.717, 1.165) is 27.9 Å². The van der Waals surface area contributed by atoms with Crippen molar-refractivity contribution in [3.05, 3.63) is 38.3 Å². The van der Waals surface area contributed by atoms with E-state index in [1.165, 1.54) is 11.3 Å². The van der Waals surface area contributed by atoms with Crippen LogP contribution in [0, 0.1) is 6.92 Å². The Morgan fingerprint density at radius 2 is 2.22 bits per heavy atom. The number of amides is 2. The van der Waals surface area contributed by atoms with Gasteiger partial charge in [0.25, 0.3) is 5.91 Å². The number of nitrogens with one attached hydrogen (secondary N) is 3. The molecule has 0 aromatic carbocycles. The van der Waals surface area contributed by atoms with E-state index in [1.54, 1.807) is 19.2 Å². The Labute approximate surface area is 147 Å². The molecule has 124 valence electrons. The molecule has 0 radical (unpaired) electrons. The molecular formula is C15H19BrN4O2S. The lowest BCUT2D eigenvalue weighted by Crippen LogP contribution is -2.44. The van der Waals surface area contributed by atoms with E-state index in [1.807, 2.05) is 13.0 Å². The number of aryl methyl sites for hydroxylation is 2. The molecule has 0 saturated carbocycles. The molecule has 0 fully saturated rings. The highest BCUT2D eigenvalue weighted by molar-refractivity contribution is 9.11. The monoisotopic (exact) mass is 398 g/mol. The summed E-state index contributed by atoms with van der Waals surface area (Å²) in [5, 5.41) is 12.4. The summed E-state index contributed by atoms with van der Waals surface area (Å²) >= 11 is 4.65. The van der Waals surface area contributed by atoms with Crippen molar-refractivity contribution in [2.75, 3.05) is 6.54 Å². The molecule has 8 heteroatoms. The van der Waals surface area contributed by atoms with Crippen LogP contribution in [-0.2, 0) is 11.2 Å². The lowest BCUT2D eigenvalue weighted by Gasteiger charge is -2.13. The Morgan fingerprint density at radius 3 is 2.83 bits per heavy atom. The van der Waals surface area contributed by atoms with Crippen LogP contribution in [0.2, 0.25) is 0 Å². The minimum absolute atomic E-state index is 0.183. The lowest BCUT2D eigenvalue weighted by atomic mass is 10.1. The number of hydrogen-bond acceptors (Lipinski definition) is 4. The van der Waals surface area contributed by atoms with Crippen molar-refractivity contribution in [3.8, 4) is 0 Å². The average Bonchev–Trinajstić information content (AvgIpc) is 3.12. The van der Waals surface area contributed by atoms with Crippen molar-refractivity contribution >= 4 is 39.1 Å². The minimum atomic E-state index is -0.570. The molecule has 23 heavy (non-hydrogen) atoms. The first kappa shape index (κ1) is 17.7. The van der Waals surface area contributed by atoms with Gasteiger partial charge in [-0.05, 0) is 60.3 Å². The van der Waals surface area contributed by atoms with Gasteiger partial charge >= 0.3 is 0 Å². The van der Waals surface area contributed by atoms with Crippen molar-refractivity contribution in [3.63, 3.8) is 0 Å². The number of hydrogen-bond donors (Lipinski definition) is 3. The van der Waals surface area contributed by atoms with Gasteiger partial charge in [-0.25, -0.2) is 0 Å². The summed E-state index contributed by atoms with van der Waals surface area (Å²) in [4.78, 5) is 24.6. The Morgan fingerprint density at radius 1 is 1.43 bits per heavy atom. The van der Waals surface area contributed by atoms with Crippen LogP contribution in [0.3, 0.4) is 0 Å². The summed E-state index contributed by atoms with van der Waals surface area (Å²) in [5.74, 6) is -0.421. The van der Waals surface area contributed by atoms with Crippen molar-refractivity contribution in [1.82, 2.24) is 20.8 Å². The smallest absolute Gasteiger partial charge is 0.262 e. The first-order valence-corrected chi connectivity index (χ1v) is 8.91. The van der Waals surface area contributed by atoms with Crippen LogP contribution in [-0.4, -0.2) is 34.6 Å². The second-order valence-corrected chi connectivity index (χ2v) is 7.68. The molecule has 0 aliphatic heterocycles. The second kappa shape index (κ2) is 8.26. The van der Waals surface area contributed by atoms with Crippen molar-refractivity contribution in [2.24, 2.45) is 0 Å². The predicted octanol–water partition coefficient (Wildman–Crippen LogP) is 2.41. The van der Waals surface area contributed by atoms with E-state index in [0.29, 0.717) is 11.4 Å². The number of halogens is 1. The molecule has 2 heterocycles. The molecule has 0 bridgehead atoms. The molecule has 3 N–H and O–H groups in total. The molecule has 2 amide bonds. The van der Waals surface area contributed by atoms with Crippen LogP contribution in [0.5, 0.6) is 0 Å². The van der Waals surface area contributed by atoms with Gasteiger partial charge in [-0.15, -0.1) is 11.3 Å². The second-order valence-electron chi connectivity index (χ2n) is 5.21. The van der Waals surface area contributed by atoms with Gasteiger partial charge in [0, 0.05) is 12.2 Å². The third kappa shape index (κ3) is 5.18. The molecule has 0 saturated heterocycles. The minimum Gasteiger partial charge on any atom is -0.354 e. The topological polar surface area (TPSA) is 86.9 Å². The third-order valence-corrected chi connectivity index (χ3v) is 5.02. The normalized spacial score (nSPS) is 12.0. The van der Waals surface area contributed by atoms with Gasteiger partial charge in [0.2, 0.25) is 5.91 Å². The molecule has 1 unspecified atom stereocenters. The van der Waals surface area contributed by atoms with Gasteiger partial charge in [0.1, 0.15) is 6.04 Å². The molecule has 6 nitrogen and oxygen atoms in total. The van der Waals surface area contributed by atoms with Crippen molar-refractivity contribution in [1.29, 1.82) is 0 Å².